The molecule has 1 aromatic heterocycles. The monoisotopic (exact) mass is 406 g/mol. The molecule has 2 aromatic rings. The van der Waals surface area contributed by atoms with Crippen molar-refractivity contribution in [1.82, 2.24) is 20.1 Å². The molecule has 0 aliphatic carbocycles. The normalized spacial score (nSPS) is 20.4. The Kier molecular flexibility index (Phi) is 5.60. The number of pyridine rings is 1. The first kappa shape index (κ1) is 20.5. The first-order valence-corrected chi connectivity index (χ1v) is 10.7. The summed E-state index contributed by atoms with van der Waals surface area (Å²) in [6.07, 6.45) is 0. The average Bonchev–Trinajstić information content (AvgIpc) is 3.06. The number of likely N-dealkylation sites (tertiary alicyclic amines) is 2. The average molecular weight is 407 g/mol. The molecule has 1 atom stereocenters. The molecule has 1 unspecified atom stereocenters. The minimum atomic E-state index is -0.187. The number of hydrogen-bond acceptors (Lipinski definition) is 4. The van der Waals surface area contributed by atoms with Gasteiger partial charge in [-0.25, -0.2) is 4.98 Å². The second-order valence-electron chi connectivity index (χ2n) is 9.06. The maximum Gasteiger partial charge on any atom is 0.272 e. The van der Waals surface area contributed by atoms with Gasteiger partial charge in [-0.05, 0) is 38.5 Å². The van der Waals surface area contributed by atoms with Gasteiger partial charge in [0.2, 0.25) is 5.91 Å². The van der Waals surface area contributed by atoms with Gasteiger partial charge < -0.3 is 10.2 Å². The van der Waals surface area contributed by atoms with Crippen molar-refractivity contribution in [3.63, 3.8) is 0 Å². The van der Waals surface area contributed by atoms with Crippen molar-refractivity contribution >= 4 is 11.8 Å². The Morgan fingerprint density at radius 1 is 1.10 bits per heavy atom. The highest BCUT2D eigenvalue weighted by Crippen LogP contribution is 2.45. The molecule has 2 aliphatic rings. The van der Waals surface area contributed by atoms with Crippen LogP contribution in [0.3, 0.4) is 0 Å². The van der Waals surface area contributed by atoms with Gasteiger partial charge in [-0.3, -0.25) is 14.5 Å². The van der Waals surface area contributed by atoms with Gasteiger partial charge >= 0.3 is 0 Å². The third kappa shape index (κ3) is 4.10. The molecular weight excluding hydrogens is 376 g/mol. The summed E-state index contributed by atoms with van der Waals surface area (Å²) in [5.74, 6) is -0.0617. The number of carbonyl (C=O) groups excluding carboxylic acids is 2. The SMILES string of the molecule is Cc1cccc(C(=O)N2CC3(CN(Cc4ccccc4)CC3C(=O)NC(C)C)C2)n1. The molecule has 2 saturated heterocycles. The minimum absolute atomic E-state index is 0.0474. The maximum atomic E-state index is 13.0. The standard InChI is InChI=1S/C24H30N4O2/c1-17(2)25-22(29)20-13-27(12-19-9-5-4-6-10-19)14-24(20)15-28(16-24)23(30)21-11-7-8-18(3)26-21/h4-11,17,20H,12-16H2,1-3H3,(H,25,29). The molecule has 2 aliphatic heterocycles. The summed E-state index contributed by atoms with van der Waals surface area (Å²) in [5.41, 5.74) is 2.37. The van der Waals surface area contributed by atoms with Gasteiger partial charge in [0.1, 0.15) is 5.69 Å². The second-order valence-corrected chi connectivity index (χ2v) is 9.06. The predicted molar refractivity (Wildman–Crippen MR) is 116 cm³/mol. The summed E-state index contributed by atoms with van der Waals surface area (Å²) in [5, 5.41) is 3.09. The third-order valence-corrected chi connectivity index (χ3v) is 6.12. The van der Waals surface area contributed by atoms with Crippen molar-refractivity contribution in [2.75, 3.05) is 26.2 Å². The topological polar surface area (TPSA) is 65.5 Å². The number of carbonyl (C=O) groups is 2. The van der Waals surface area contributed by atoms with Gasteiger partial charge in [0, 0.05) is 49.9 Å². The summed E-state index contributed by atoms with van der Waals surface area (Å²) in [6, 6.07) is 16.0. The first-order chi connectivity index (χ1) is 14.4. The predicted octanol–water partition coefficient (Wildman–Crippen LogP) is 2.49. The van der Waals surface area contributed by atoms with E-state index in [-0.39, 0.29) is 29.2 Å². The highest BCUT2D eigenvalue weighted by molar-refractivity contribution is 5.93. The Hall–Kier alpha value is -2.73. The van der Waals surface area contributed by atoms with E-state index in [4.69, 9.17) is 0 Å². The van der Waals surface area contributed by atoms with Crippen LogP contribution in [-0.2, 0) is 11.3 Å². The van der Waals surface area contributed by atoms with Crippen LogP contribution in [0.1, 0.15) is 35.6 Å². The van der Waals surface area contributed by atoms with E-state index < -0.39 is 0 Å². The minimum Gasteiger partial charge on any atom is -0.354 e. The molecule has 158 valence electrons. The van der Waals surface area contributed by atoms with E-state index in [1.807, 2.05) is 56.0 Å². The van der Waals surface area contributed by atoms with Crippen LogP contribution in [0.4, 0.5) is 0 Å². The van der Waals surface area contributed by atoms with Crippen molar-refractivity contribution in [3.05, 3.63) is 65.5 Å². The van der Waals surface area contributed by atoms with E-state index in [1.54, 1.807) is 6.07 Å². The Morgan fingerprint density at radius 2 is 1.83 bits per heavy atom. The van der Waals surface area contributed by atoms with Crippen LogP contribution in [0.5, 0.6) is 0 Å². The third-order valence-electron chi connectivity index (χ3n) is 6.12. The molecule has 1 N–H and O–H groups in total. The number of benzene rings is 1. The number of aryl methyl sites for hydroxylation is 1. The zero-order valence-electron chi connectivity index (χ0n) is 18.0. The quantitative estimate of drug-likeness (QED) is 0.829. The van der Waals surface area contributed by atoms with Crippen molar-refractivity contribution in [3.8, 4) is 0 Å². The maximum absolute atomic E-state index is 13.0. The molecule has 2 fully saturated rings. The van der Waals surface area contributed by atoms with Gasteiger partial charge in [-0.1, -0.05) is 36.4 Å². The lowest BCUT2D eigenvalue weighted by molar-refractivity contribution is -0.131. The zero-order valence-corrected chi connectivity index (χ0v) is 18.0. The van der Waals surface area contributed by atoms with Gasteiger partial charge in [-0.2, -0.15) is 0 Å². The fourth-order valence-corrected chi connectivity index (χ4v) is 4.78. The van der Waals surface area contributed by atoms with Gasteiger partial charge in [-0.15, -0.1) is 0 Å². The van der Waals surface area contributed by atoms with Crippen LogP contribution in [0, 0.1) is 18.3 Å². The van der Waals surface area contributed by atoms with E-state index >= 15 is 0 Å². The van der Waals surface area contributed by atoms with Crippen molar-refractivity contribution < 1.29 is 9.59 Å². The van der Waals surface area contributed by atoms with Crippen molar-refractivity contribution in [1.29, 1.82) is 0 Å². The summed E-state index contributed by atoms with van der Waals surface area (Å²) >= 11 is 0. The van der Waals surface area contributed by atoms with Crippen molar-refractivity contribution in [2.24, 2.45) is 11.3 Å². The molecule has 2 amide bonds. The fraction of sp³-hybridized carbons (Fsp3) is 0.458. The summed E-state index contributed by atoms with van der Waals surface area (Å²) in [4.78, 5) is 34.5. The van der Waals surface area contributed by atoms with Crippen LogP contribution in [0.2, 0.25) is 0 Å². The van der Waals surface area contributed by atoms with E-state index in [9.17, 15) is 9.59 Å². The van der Waals surface area contributed by atoms with Crippen LogP contribution < -0.4 is 5.32 Å². The lowest BCUT2D eigenvalue weighted by atomic mass is 9.71. The Labute approximate surface area is 178 Å². The Bertz CT molecular complexity index is 922. The molecule has 6 heteroatoms. The molecule has 0 radical (unpaired) electrons. The molecule has 6 nitrogen and oxygen atoms in total. The lowest BCUT2D eigenvalue weighted by Crippen LogP contribution is -2.64. The number of hydrogen-bond donors (Lipinski definition) is 1. The smallest absolute Gasteiger partial charge is 0.272 e. The zero-order chi connectivity index (χ0) is 21.3. The summed E-state index contributed by atoms with van der Waals surface area (Å²) < 4.78 is 0. The van der Waals surface area contributed by atoms with E-state index in [2.05, 4.69) is 27.3 Å². The summed E-state index contributed by atoms with van der Waals surface area (Å²) in [7, 11) is 0. The molecule has 1 aromatic carbocycles. The molecule has 0 bridgehead atoms. The number of nitrogens with one attached hydrogen (secondary N) is 1. The molecule has 1 spiro atoms. The number of nitrogens with zero attached hydrogens (tertiary/aromatic N) is 3. The molecular formula is C24H30N4O2. The fourth-order valence-electron chi connectivity index (χ4n) is 4.78. The van der Waals surface area contributed by atoms with Crippen LogP contribution in [0.25, 0.3) is 0 Å². The van der Waals surface area contributed by atoms with E-state index in [0.29, 0.717) is 18.8 Å². The number of rotatable bonds is 5. The first-order valence-electron chi connectivity index (χ1n) is 10.7. The summed E-state index contributed by atoms with van der Waals surface area (Å²) in [6.45, 7) is 9.43. The van der Waals surface area contributed by atoms with E-state index in [0.717, 1.165) is 25.3 Å². The largest absolute Gasteiger partial charge is 0.354 e. The molecule has 4 rings (SSSR count). The van der Waals surface area contributed by atoms with Crippen molar-refractivity contribution in [2.45, 2.75) is 33.4 Å². The second kappa shape index (κ2) is 8.19. The molecule has 3 heterocycles. The number of aromatic nitrogens is 1. The molecule has 0 saturated carbocycles. The van der Waals surface area contributed by atoms with Gasteiger partial charge in [0.25, 0.3) is 5.91 Å². The lowest BCUT2D eigenvalue weighted by Gasteiger charge is -2.50. The van der Waals surface area contributed by atoms with Crippen LogP contribution in [0.15, 0.2) is 48.5 Å². The highest BCUT2D eigenvalue weighted by Gasteiger charge is 2.57. The Morgan fingerprint density at radius 3 is 2.50 bits per heavy atom. The Balaban J connectivity index is 1.49. The number of amides is 2. The van der Waals surface area contributed by atoms with Gasteiger partial charge in [0.15, 0.2) is 0 Å². The van der Waals surface area contributed by atoms with Crippen LogP contribution >= 0.6 is 0 Å². The van der Waals surface area contributed by atoms with Gasteiger partial charge in [0.05, 0.1) is 5.92 Å². The molecule has 30 heavy (non-hydrogen) atoms. The van der Waals surface area contributed by atoms with E-state index in [1.165, 1.54) is 5.56 Å². The highest BCUT2D eigenvalue weighted by atomic mass is 16.2. The van der Waals surface area contributed by atoms with Crippen LogP contribution in [-0.4, -0.2) is 58.8 Å².